The molecule has 2 amide bonds. The largest absolute Gasteiger partial charge is 0.465 e. The van der Waals surface area contributed by atoms with Gasteiger partial charge in [-0.05, 0) is 23.8 Å². The first-order chi connectivity index (χ1) is 15.2. The maximum absolute atomic E-state index is 12.8. The first-order valence-corrected chi connectivity index (χ1v) is 12.4. The number of carbonyl (C=O) groups excluding carboxylic acids is 3. The molecule has 0 aliphatic rings. The summed E-state index contributed by atoms with van der Waals surface area (Å²) in [4.78, 5) is 44.7. The van der Waals surface area contributed by atoms with Crippen molar-refractivity contribution >= 4 is 29.5 Å². The van der Waals surface area contributed by atoms with Crippen molar-refractivity contribution < 1.29 is 23.9 Å². The summed E-state index contributed by atoms with van der Waals surface area (Å²) in [6.45, 7) is 7.93. The minimum absolute atomic E-state index is 0.0508. The standard InChI is InChI=1S/C22H38N4O5S/c1-7-16(4)18(25-19(27)11-17-12-23-14-24-17)13-31-22(8-9-32-6,21(29)30-5)26-20(28)10-15(2)3/h12,14-16,18H,7-11,13H2,1-6H3,(H,23,24)(H,25,27)(H,26,28)/t16-,18+,22-/m0/s1. The second-order valence-electron chi connectivity index (χ2n) is 8.33. The Kier molecular flexibility index (Phi) is 12.4. The quantitative estimate of drug-likeness (QED) is 0.265. The van der Waals surface area contributed by atoms with Gasteiger partial charge in [0.05, 0.1) is 32.5 Å². The van der Waals surface area contributed by atoms with Gasteiger partial charge in [0.25, 0.3) is 0 Å². The number of rotatable bonds is 15. The van der Waals surface area contributed by atoms with Gasteiger partial charge in [0.2, 0.25) is 17.5 Å². The predicted octanol–water partition coefficient (Wildman–Crippen LogP) is 2.28. The van der Waals surface area contributed by atoms with Crippen molar-refractivity contribution in [3.8, 4) is 0 Å². The zero-order chi connectivity index (χ0) is 24.1. The van der Waals surface area contributed by atoms with E-state index in [4.69, 9.17) is 9.47 Å². The molecule has 10 heteroatoms. The van der Waals surface area contributed by atoms with Gasteiger partial charge in [0.1, 0.15) is 0 Å². The van der Waals surface area contributed by atoms with Crippen molar-refractivity contribution in [1.29, 1.82) is 0 Å². The fraction of sp³-hybridized carbons (Fsp3) is 0.727. The Morgan fingerprint density at radius 3 is 2.50 bits per heavy atom. The molecular formula is C22H38N4O5S. The third-order valence-electron chi connectivity index (χ3n) is 5.20. The molecule has 1 rings (SSSR count). The van der Waals surface area contributed by atoms with Gasteiger partial charge in [0, 0.05) is 24.7 Å². The van der Waals surface area contributed by atoms with E-state index >= 15 is 0 Å². The molecule has 3 atom stereocenters. The zero-order valence-corrected chi connectivity index (χ0v) is 20.8. The lowest BCUT2D eigenvalue weighted by atomic mass is 9.99. The van der Waals surface area contributed by atoms with E-state index in [0.29, 0.717) is 11.4 Å². The number of H-pyrrole nitrogens is 1. The molecule has 0 aliphatic carbocycles. The van der Waals surface area contributed by atoms with Gasteiger partial charge in [-0.1, -0.05) is 34.1 Å². The second-order valence-corrected chi connectivity index (χ2v) is 9.32. The van der Waals surface area contributed by atoms with Crippen molar-refractivity contribution in [3.63, 3.8) is 0 Å². The van der Waals surface area contributed by atoms with E-state index in [2.05, 4.69) is 20.6 Å². The molecule has 9 nitrogen and oxygen atoms in total. The molecule has 0 unspecified atom stereocenters. The van der Waals surface area contributed by atoms with Crippen LogP contribution in [-0.2, 0) is 30.3 Å². The topological polar surface area (TPSA) is 122 Å². The van der Waals surface area contributed by atoms with Crippen LogP contribution in [0.3, 0.4) is 0 Å². The number of esters is 1. The van der Waals surface area contributed by atoms with Crippen LogP contribution in [0.2, 0.25) is 0 Å². The van der Waals surface area contributed by atoms with Gasteiger partial charge >= 0.3 is 5.97 Å². The van der Waals surface area contributed by atoms with Crippen LogP contribution in [0.25, 0.3) is 0 Å². The summed E-state index contributed by atoms with van der Waals surface area (Å²) in [5.41, 5.74) is -0.903. The molecule has 3 N–H and O–H groups in total. The summed E-state index contributed by atoms with van der Waals surface area (Å²) in [5.74, 6) is -0.328. The van der Waals surface area contributed by atoms with Crippen molar-refractivity contribution in [2.75, 3.05) is 25.7 Å². The Labute approximate surface area is 195 Å². The van der Waals surface area contributed by atoms with Crippen LogP contribution in [0.5, 0.6) is 0 Å². The highest BCUT2D eigenvalue weighted by Crippen LogP contribution is 2.21. The molecule has 182 valence electrons. The van der Waals surface area contributed by atoms with E-state index in [1.165, 1.54) is 25.2 Å². The average Bonchev–Trinajstić information content (AvgIpc) is 3.25. The van der Waals surface area contributed by atoms with E-state index < -0.39 is 11.7 Å². The number of nitrogens with zero attached hydrogens (tertiary/aromatic N) is 1. The lowest BCUT2D eigenvalue weighted by Crippen LogP contribution is -2.59. The van der Waals surface area contributed by atoms with Crippen molar-refractivity contribution in [3.05, 3.63) is 18.2 Å². The Hall–Kier alpha value is -2.07. The number of amides is 2. The Morgan fingerprint density at radius 1 is 1.25 bits per heavy atom. The summed E-state index contributed by atoms with van der Waals surface area (Å²) in [6.07, 6.45) is 6.50. The van der Waals surface area contributed by atoms with Crippen LogP contribution < -0.4 is 10.6 Å². The minimum atomic E-state index is -1.61. The first-order valence-electron chi connectivity index (χ1n) is 11.0. The van der Waals surface area contributed by atoms with Crippen LogP contribution >= 0.6 is 11.8 Å². The number of hydrogen-bond donors (Lipinski definition) is 3. The fourth-order valence-electron chi connectivity index (χ4n) is 3.12. The van der Waals surface area contributed by atoms with Gasteiger partial charge in [-0.3, -0.25) is 9.59 Å². The average molecular weight is 471 g/mol. The van der Waals surface area contributed by atoms with Crippen LogP contribution in [0.1, 0.15) is 52.7 Å². The Bertz CT molecular complexity index is 713. The maximum atomic E-state index is 12.8. The highest BCUT2D eigenvalue weighted by Gasteiger charge is 2.43. The predicted molar refractivity (Wildman–Crippen MR) is 125 cm³/mol. The number of aromatic amines is 1. The van der Waals surface area contributed by atoms with Crippen LogP contribution in [0, 0.1) is 11.8 Å². The molecule has 0 fully saturated rings. The molecule has 0 aliphatic heterocycles. The molecule has 1 aromatic heterocycles. The molecule has 0 bridgehead atoms. The van der Waals surface area contributed by atoms with E-state index in [1.807, 2.05) is 34.0 Å². The first kappa shape index (κ1) is 28.0. The van der Waals surface area contributed by atoms with E-state index in [9.17, 15) is 14.4 Å². The third kappa shape index (κ3) is 9.20. The summed E-state index contributed by atoms with van der Waals surface area (Å²) < 4.78 is 11.1. The SMILES string of the molecule is CC[C@H](C)[C@@H](CO[C@](CCSC)(NC(=O)CC(C)C)C(=O)OC)NC(=O)Cc1cnc[nH]1. The molecule has 0 aromatic carbocycles. The number of nitrogens with one attached hydrogen (secondary N) is 3. The van der Waals surface area contributed by atoms with Crippen LogP contribution in [0.15, 0.2) is 12.5 Å². The van der Waals surface area contributed by atoms with Gasteiger partial charge in [-0.2, -0.15) is 11.8 Å². The number of ether oxygens (including phenoxy) is 2. The normalized spacial score (nSPS) is 15.0. The molecular weight excluding hydrogens is 432 g/mol. The van der Waals surface area contributed by atoms with E-state index in [-0.39, 0.29) is 55.6 Å². The minimum Gasteiger partial charge on any atom is -0.465 e. The molecule has 0 saturated carbocycles. The number of hydrogen-bond acceptors (Lipinski definition) is 7. The number of aromatic nitrogens is 2. The monoisotopic (exact) mass is 470 g/mol. The highest BCUT2D eigenvalue weighted by atomic mass is 32.2. The molecule has 1 heterocycles. The summed E-state index contributed by atoms with van der Waals surface area (Å²) in [7, 11) is 1.27. The highest BCUT2D eigenvalue weighted by molar-refractivity contribution is 7.98. The Morgan fingerprint density at radius 2 is 1.97 bits per heavy atom. The third-order valence-corrected chi connectivity index (χ3v) is 5.81. The maximum Gasteiger partial charge on any atom is 0.359 e. The van der Waals surface area contributed by atoms with Crippen LogP contribution in [0.4, 0.5) is 0 Å². The number of thioether (sulfide) groups is 1. The van der Waals surface area contributed by atoms with Gasteiger partial charge in [0.15, 0.2) is 0 Å². The van der Waals surface area contributed by atoms with Gasteiger partial charge < -0.3 is 25.1 Å². The molecule has 1 aromatic rings. The zero-order valence-electron chi connectivity index (χ0n) is 20.0. The fourth-order valence-corrected chi connectivity index (χ4v) is 3.61. The lowest BCUT2D eigenvalue weighted by Gasteiger charge is -2.35. The molecule has 0 spiro atoms. The van der Waals surface area contributed by atoms with Crippen molar-refractivity contribution in [1.82, 2.24) is 20.6 Å². The molecule has 0 radical (unpaired) electrons. The molecule has 0 saturated heterocycles. The summed E-state index contributed by atoms with van der Waals surface area (Å²) in [6, 6.07) is -0.351. The van der Waals surface area contributed by atoms with Gasteiger partial charge in [-0.25, -0.2) is 9.78 Å². The summed E-state index contributed by atoms with van der Waals surface area (Å²) in [5, 5.41) is 5.77. The van der Waals surface area contributed by atoms with E-state index in [1.54, 1.807) is 6.20 Å². The Balaban J connectivity index is 3.01. The smallest absolute Gasteiger partial charge is 0.359 e. The van der Waals surface area contributed by atoms with Crippen molar-refractivity contribution in [2.45, 2.75) is 65.1 Å². The number of imidazole rings is 1. The van der Waals surface area contributed by atoms with Crippen LogP contribution in [-0.4, -0.2) is 65.2 Å². The summed E-state index contributed by atoms with van der Waals surface area (Å²) >= 11 is 1.54. The van der Waals surface area contributed by atoms with E-state index in [0.717, 1.165) is 6.42 Å². The molecule has 32 heavy (non-hydrogen) atoms. The lowest BCUT2D eigenvalue weighted by molar-refractivity contribution is -0.180. The number of methoxy groups -OCH3 is 1. The second kappa shape index (κ2) is 14.2. The van der Waals surface area contributed by atoms with Gasteiger partial charge in [-0.15, -0.1) is 0 Å². The number of carbonyl (C=O) groups is 3. The van der Waals surface area contributed by atoms with Crippen molar-refractivity contribution in [2.24, 2.45) is 11.8 Å².